The number of hydrogen-bond donors (Lipinski definition) is 1. The lowest BCUT2D eigenvalue weighted by atomic mass is 10.2. The quantitative estimate of drug-likeness (QED) is 0.762. The molecule has 0 saturated carbocycles. The Morgan fingerprint density at radius 2 is 1.74 bits per heavy atom. The van der Waals surface area contributed by atoms with Crippen LogP contribution in [0.5, 0.6) is 0 Å². The van der Waals surface area contributed by atoms with Gasteiger partial charge < -0.3 is 10.2 Å². The normalized spacial score (nSPS) is 14.9. The van der Waals surface area contributed by atoms with E-state index in [1.807, 2.05) is 25.1 Å². The van der Waals surface area contributed by atoms with Gasteiger partial charge in [0.25, 0.3) is 5.56 Å². The lowest BCUT2D eigenvalue weighted by molar-refractivity contribution is 0.726. The van der Waals surface area contributed by atoms with Crippen LogP contribution in [0.2, 0.25) is 0 Å². The van der Waals surface area contributed by atoms with Crippen molar-refractivity contribution in [3.05, 3.63) is 70.3 Å². The second kappa shape index (κ2) is 7.82. The summed E-state index contributed by atoms with van der Waals surface area (Å²) in [4.78, 5) is 19.5. The van der Waals surface area contributed by atoms with Gasteiger partial charge in [0.1, 0.15) is 5.65 Å². The summed E-state index contributed by atoms with van der Waals surface area (Å²) in [5.41, 5.74) is 4.64. The molecule has 1 fully saturated rings. The lowest BCUT2D eigenvalue weighted by Crippen LogP contribution is -2.23. The summed E-state index contributed by atoms with van der Waals surface area (Å²) < 4.78 is 1.64. The summed E-state index contributed by atoms with van der Waals surface area (Å²) in [7, 11) is 0. The summed E-state index contributed by atoms with van der Waals surface area (Å²) in [6.07, 6.45) is 5.24. The molecule has 0 unspecified atom stereocenters. The molecule has 0 radical (unpaired) electrons. The molecule has 4 rings (SSSR count). The van der Waals surface area contributed by atoms with E-state index in [1.165, 1.54) is 31.4 Å². The zero-order chi connectivity index (χ0) is 18.6. The van der Waals surface area contributed by atoms with E-state index in [2.05, 4.69) is 39.5 Å². The minimum absolute atomic E-state index is 0.0357. The number of aryl methyl sites for hydroxylation is 1. The van der Waals surface area contributed by atoms with Crippen molar-refractivity contribution in [3.8, 4) is 0 Å². The van der Waals surface area contributed by atoms with Crippen LogP contribution in [0.25, 0.3) is 5.65 Å². The van der Waals surface area contributed by atoms with Crippen LogP contribution in [0.15, 0.2) is 53.3 Å². The number of nitrogens with one attached hydrogen (secondary N) is 1. The van der Waals surface area contributed by atoms with Crippen molar-refractivity contribution in [3.63, 3.8) is 0 Å². The number of pyridine rings is 1. The molecular formula is C22H26N4O. The fraction of sp³-hybridized carbons (Fsp3) is 0.364. The van der Waals surface area contributed by atoms with Crippen LogP contribution in [-0.4, -0.2) is 22.5 Å². The van der Waals surface area contributed by atoms with Crippen molar-refractivity contribution in [2.75, 3.05) is 23.3 Å². The number of hydrogen-bond acceptors (Lipinski definition) is 4. The summed E-state index contributed by atoms with van der Waals surface area (Å²) in [6, 6.07) is 15.9. The first kappa shape index (κ1) is 17.6. The molecule has 0 aliphatic carbocycles. The largest absolute Gasteiger partial charge is 0.379 e. The minimum atomic E-state index is -0.0357. The summed E-state index contributed by atoms with van der Waals surface area (Å²) in [6.45, 7) is 4.75. The van der Waals surface area contributed by atoms with E-state index in [0.717, 1.165) is 30.2 Å². The van der Waals surface area contributed by atoms with Gasteiger partial charge in [-0.1, -0.05) is 18.9 Å². The molecule has 0 bridgehead atoms. The summed E-state index contributed by atoms with van der Waals surface area (Å²) in [5, 5.41) is 3.38. The Morgan fingerprint density at radius 3 is 2.48 bits per heavy atom. The number of anilines is 2. The Bertz CT molecular complexity index is 970. The van der Waals surface area contributed by atoms with Gasteiger partial charge in [0, 0.05) is 36.2 Å². The maximum Gasteiger partial charge on any atom is 0.258 e. The molecule has 1 aromatic carbocycles. The predicted molar refractivity (Wildman–Crippen MR) is 111 cm³/mol. The van der Waals surface area contributed by atoms with E-state index in [0.29, 0.717) is 12.2 Å². The standard InChI is InChI=1S/C22H26N4O/c1-17-7-6-8-21-24-19(15-22(27)26(17)21)16-23-18-9-11-20(12-10-18)25-13-4-2-3-5-14-25/h6-12,15,23H,2-5,13-14,16H2,1H3. The third-order valence-corrected chi connectivity index (χ3v) is 5.25. The monoisotopic (exact) mass is 362 g/mol. The molecule has 2 aromatic heterocycles. The summed E-state index contributed by atoms with van der Waals surface area (Å²) >= 11 is 0. The summed E-state index contributed by atoms with van der Waals surface area (Å²) in [5.74, 6) is 0. The van der Waals surface area contributed by atoms with Crippen LogP contribution < -0.4 is 15.8 Å². The Labute approximate surface area is 159 Å². The zero-order valence-electron chi connectivity index (χ0n) is 15.8. The molecule has 140 valence electrons. The molecule has 3 heterocycles. The van der Waals surface area contributed by atoms with Gasteiger partial charge in [0.05, 0.1) is 12.2 Å². The second-order valence-electron chi connectivity index (χ2n) is 7.25. The third-order valence-electron chi connectivity index (χ3n) is 5.25. The van der Waals surface area contributed by atoms with Crippen LogP contribution in [0, 0.1) is 6.92 Å². The van der Waals surface area contributed by atoms with Crippen molar-refractivity contribution in [1.29, 1.82) is 0 Å². The number of aromatic nitrogens is 2. The molecule has 0 amide bonds. The number of fused-ring (bicyclic) bond motifs is 1. The van der Waals surface area contributed by atoms with E-state index >= 15 is 0 Å². The van der Waals surface area contributed by atoms with Crippen LogP contribution in [0.4, 0.5) is 11.4 Å². The van der Waals surface area contributed by atoms with Crippen molar-refractivity contribution in [2.45, 2.75) is 39.2 Å². The third kappa shape index (κ3) is 3.97. The maximum absolute atomic E-state index is 12.4. The molecule has 0 spiro atoms. The van der Waals surface area contributed by atoms with Crippen molar-refractivity contribution < 1.29 is 0 Å². The predicted octanol–water partition coefficient (Wildman–Crippen LogP) is 4.00. The van der Waals surface area contributed by atoms with Crippen molar-refractivity contribution >= 4 is 17.0 Å². The number of nitrogens with zero attached hydrogens (tertiary/aromatic N) is 3. The molecular weight excluding hydrogens is 336 g/mol. The van der Waals surface area contributed by atoms with Gasteiger partial charge in [-0.15, -0.1) is 0 Å². The first-order valence-corrected chi connectivity index (χ1v) is 9.78. The van der Waals surface area contributed by atoms with E-state index in [-0.39, 0.29) is 5.56 Å². The van der Waals surface area contributed by atoms with Crippen LogP contribution in [0.1, 0.15) is 37.1 Å². The molecule has 5 heteroatoms. The fourth-order valence-corrected chi connectivity index (χ4v) is 3.77. The minimum Gasteiger partial charge on any atom is -0.379 e. The van der Waals surface area contributed by atoms with E-state index in [1.54, 1.807) is 10.5 Å². The Hall–Kier alpha value is -2.82. The number of rotatable bonds is 4. The van der Waals surface area contributed by atoms with Crippen molar-refractivity contribution in [1.82, 2.24) is 9.38 Å². The molecule has 1 aliphatic heterocycles. The highest BCUT2D eigenvalue weighted by Gasteiger charge is 2.10. The lowest BCUT2D eigenvalue weighted by Gasteiger charge is -2.22. The van der Waals surface area contributed by atoms with E-state index in [9.17, 15) is 4.79 Å². The molecule has 1 aliphatic rings. The van der Waals surface area contributed by atoms with Crippen molar-refractivity contribution in [2.24, 2.45) is 0 Å². The van der Waals surface area contributed by atoms with Gasteiger partial charge >= 0.3 is 0 Å². The Morgan fingerprint density at radius 1 is 1.00 bits per heavy atom. The molecule has 1 saturated heterocycles. The van der Waals surface area contributed by atoms with Crippen LogP contribution in [0.3, 0.4) is 0 Å². The zero-order valence-corrected chi connectivity index (χ0v) is 15.8. The Balaban J connectivity index is 1.45. The maximum atomic E-state index is 12.4. The molecule has 3 aromatic rings. The molecule has 27 heavy (non-hydrogen) atoms. The van der Waals surface area contributed by atoms with Gasteiger partial charge in [-0.2, -0.15) is 0 Å². The van der Waals surface area contributed by atoms with Gasteiger partial charge in [-0.3, -0.25) is 9.20 Å². The average molecular weight is 362 g/mol. The first-order chi connectivity index (χ1) is 13.2. The first-order valence-electron chi connectivity index (χ1n) is 9.78. The van der Waals surface area contributed by atoms with E-state index < -0.39 is 0 Å². The van der Waals surface area contributed by atoms with E-state index in [4.69, 9.17) is 0 Å². The fourth-order valence-electron chi connectivity index (χ4n) is 3.77. The van der Waals surface area contributed by atoms with Gasteiger partial charge in [0.2, 0.25) is 0 Å². The van der Waals surface area contributed by atoms with Crippen LogP contribution >= 0.6 is 0 Å². The Kier molecular flexibility index (Phi) is 5.10. The highest BCUT2D eigenvalue weighted by molar-refractivity contribution is 5.55. The average Bonchev–Trinajstić information content (AvgIpc) is 2.96. The SMILES string of the molecule is Cc1cccc2nc(CNc3ccc(N4CCCCCC4)cc3)cc(=O)n12. The van der Waals surface area contributed by atoms with Gasteiger partial charge in [0.15, 0.2) is 0 Å². The smallest absolute Gasteiger partial charge is 0.258 e. The molecule has 1 N–H and O–H groups in total. The van der Waals surface area contributed by atoms with Gasteiger partial charge in [-0.05, 0) is 56.2 Å². The number of benzene rings is 1. The topological polar surface area (TPSA) is 49.6 Å². The highest BCUT2D eigenvalue weighted by atomic mass is 16.1. The molecule has 5 nitrogen and oxygen atoms in total. The van der Waals surface area contributed by atoms with Gasteiger partial charge in [-0.25, -0.2) is 4.98 Å². The highest BCUT2D eigenvalue weighted by Crippen LogP contribution is 2.21. The molecule has 0 atom stereocenters. The second-order valence-corrected chi connectivity index (χ2v) is 7.25. The van der Waals surface area contributed by atoms with Crippen LogP contribution in [-0.2, 0) is 6.54 Å².